The topological polar surface area (TPSA) is 72.1 Å². The van der Waals surface area contributed by atoms with Gasteiger partial charge in [-0.3, -0.25) is 4.79 Å². The Hall–Kier alpha value is -1.49. The van der Waals surface area contributed by atoms with Gasteiger partial charge in [-0.25, -0.2) is 0 Å². The van der Waals surface area contributed by atoms with Gasteiger partial charge in [-0.2, -0.15) is 10.2 Å². The molecule has 0 bridgehead atoms. The highest BCUT2D eigenvalue weighted by molar-refractivity contribution is 5.95. The molecule has 1 aromatic heterocycles. The quantitative estimate of drug-likeness (QED) is 0.840. The van der Waals surface area contributed by atoms with E-state index >= 15 is 0 Å². The van der Waals surface area contributed by atoms with Gasteiger partial charge in [0.05, 0.1) is 17.0 Å². The van der Waals surface area contributed by atoms with Gasteiger partial charge in [-0.1, -0.05) is 6.92 Å². The molecule has 0 spiro atoms. The maximum Gasteiger partial charge on any atom is 0.256 e. The summed E-state index contributed by atoms with van der Waals surface area (Å²) < 4.78 is 0. The number of aromatic nitrogens is 2. The molecular formula is C13H20N4O. The van der Waals surface area contributed by atoms with Gasteiger partial charge < -0.3 is 10.6 Å². The summed E-state index contributed by atoms with van der Waals surface area (Å²) in [5, 5.41) is 8.12. The number of nitrogens with two attached hydrogens (primary N) is 1. The van der Waals surface area contributed by atoms with Crippen molar-refractivity contribution in [2.24, 2.45) is 5.73 Å². The van der Waals surface area contributed by atoms with Gasteiger partial charge in [-0.15, -0.1) is 0 Å². The molecule has 1 aliphatic rings. The molecule has 0 aromatic carbocycles. The van der Waals surface area contributed by atoms with E-state index in [1.165, 1.54) is 0 Å². The van der Waals surface area contributed by atoms with E-state index in [-0.39, 0.29) is 5.91 Å². The largest absolute Gasteiger partial charge is 0.334 e. The SMILES string of the molecule is CCc1nnc(C)cc1C(=O)N(CCN)C1CC1. The van der Waals surface area contributed by atoms with Crippen molar-refractivity contribution in [3.63, 3.8) is 0 Å². The Labute approximate surface area is 107 Å². The number of amides is 1. The first-order valence-corrected chi connectivity index (χ1v) is 6.51. The number of carbonyl (C=O) groups is 1. The van der Waals surface area contributed by atoms with Crippen molar-refractivity contribution in [1.29, 1.82) is 0 Å². The van der Waals surface area contributed by atoms with Crippen LogP contribution in [0.25, 0.3) is 0 Å². The maximum absolute atomic E-state index is 12.6. The van der Waals surface area contributed by atoms with E-state index < -0.39 is 0 Å². The molecule has 0 atom stereocenters. The molecule has 5 heteroatoms. The molecular weight excluding hydrogens is 228 g/mol. The van der Waals surface area contributed by atoms with Crippen molar-refractivity contribution in [3.8, 4) is 0 Å². The minimum atomic E-state index is 0.0535. The molecule has 98 valence electrons. The maximum atomic E-state index is 12.6. The van der Waals surface area contributed by atoms with Crippen LogP contribution >= 0.6 is 0 Å². The van der Waals surface area contributed by atoms with Crippen molar-refractivity contribution in [1.82, 2.24) is 15.1 Å². The molecule has 5 nitrogen and oxygen atoms in total. The molecule has 0 aliphatic heterocycles. The minimum Gasteiger partial charge on any atom is -0.334 e. The van der Waals surface area contributed by atoms with Crippen LogP contribution in [0, 0.1) is 6.92 Å². The Balaban J connectivity index is 2.28. The fourth-order valence-corrected chi connectivity index (χ4v) is 2.09. The molecule has 1 heterocycles. The summed E-state index contributed by atoms with van der Waals surface area (Å²) in [4.78, 5) is 14.4. The molecule has 2 rings (SSSR count). The number of hydrogen-bond acceptors (Lipinski definition) is 4. The van der Waals surface area contributed by atoms with Crippen LogP contribution in [0.2, 0.25) is 0 Å². The van der Waals surface area contributed by atoms with Crippen LogP contribution in [-0.4, -0.2) is 40.1 Å². The van der Waals surface area contributed by atoms with Crippen molar-refractivity contribution in [3.05, 3.63) is 23.0 Å². The highest BCUT2D eigenvalue weighted by Gasteiger charge is 2.33. The number of rotatable bonds is 5. The Morgan fingerprint density at radius 2 is 2.22 bits per heavy atom. The van der Waals surface area contributed by atoms with Gasteiger partial charge in [-0.05, 0) is 32.3 Å². The first kappa shape index (κ1) is 13.0. The minimum absolute atomic E-state index is 0.0535. The molecule has 1 amide bonds. The van der Waals surface area contributed by atoms with E-state index in [1.807, 2.05) is 24.8 Å². The van der Waals surface area contributed by atoms with E-state index in [4.69, 9.17) is 5.73 Å². The lowest BCUT2D eigenvalue weighted by molar-refractivity contribution is 0.0746. The molecule has 1 aliphatic carbocycles. The van der Waals surface area contributed by atoms with E-state index in [2.05, 4.69) is 10.2 Å². The Bertz CT molecular complexity index is 443. The van der Waals surface area contributed by atoms with Crippen molar-refractivity contribution < 1.29 is 4.79 Å². The number of aryl methyl sites for hydroxylation is 2. The molecule has 0 saturated heterocycles. The summed E-state index contributed by atoms with van der Waals surface area (Å²) in [5.74, 6) is 0.0535. The molecule has 2 N–H and O–H groups in total. The van der Waals surface area contributed by atoms with E-state index in [9.17, 15) is 4.79 Å². The Morgan fingerprint density at radius 1 is 1.50 bits per heavy atom. The number of nitrogens with zero attached hydrogens (tertiary/aromatic N) is 3. The standard InChI is InChI=1S/C13H20N4O/c1-3-12-11(8-9(2)15-16-12)13(18)17(7-6-14)10-4-5-10/h8,10H,3-7,14H2,1-2H3. The Kier molecular flexibility index (Phi) is 3.91. The zero-order valence-corrected chi connectivity index (χ0v) is 11.0. The summed E-state index contributed by atoms with van der Waals surface area (Å²) in [6.45, 7) is 4.96. The molecule has 18 heavy (non-hydrogen) atoms. The molecule has 1 saturated carbocycles. The third-order valence-electron chi connectivity index (χ3n) is 3.18. The first-order chi connectivity index (χ1) is 8.67. The van der Waals surface area contributed by atoms with Crippen LogP contribution in [-0.2, 0) is 6.42 Å². The summed E-state index contributed by atoms with van der Waals surface area (Å²) >= 11 is 0. The van der Waals surface area contributed by atoms with Crippen molar-refractivity contribution >= 4 is 5.91 Å². The summed E-state index contributed by atoms with van der Waals surface area (Å²) in [6, 6.07) is 2.21. The van der Waals surface area contributed by atoms with Gasteiger partial charge in [0.1, 0.15) is 0 Å². The highest BCUT2D eigenvalue weighted by Crippen LogP contribution is 2.28. The highest BCUT2D eigenvalue weighted by atomic mass is 16.2. The van der Waals surface area contributed by atoms with Gasteiger partial charge in [0.15, 0.2) is 0 Å². The summed E-state index contributed by atoms with van der Waals surface area (Å²) in [5.41, 5.74) is 7.82. The molecule has 1 aromatic rings. The van der Waals surface area contributed by atoms with Crippen LogP contribution in [0.4, 0.5) is 0 Å². The third-order valence-corrected chi connectivity index (χ3v) is 3.18. The zero-order valence-electron chi connectivity index (χ0n) is 11.0. The van der Waals surface area contributed by atoms with Gasteiger partial charge in [0.2, 0.25) is 0 Å². The Morgan fingerprint density at radius 3 is 2.78 bits per heavy atom. The second-order valence-corrected chi connectivity index (χ2v) is 4.72. The third kappa shape index (κ3) is 2.67. The molecule has 0 radical (unpaired) electrons. The smallest absolute Gasteiger partial charge is 0.256 e. The molecule has 1 fully saturated rings. The van der Waals surface area contributed by atoms with E-state index in [0.29, 0.717) is 24.7 Å². The van der Waals surface area contributed by atoms with E-state index in [0.717, 1.165) is 30.7 Å². The fraction of sp³-hybridized carbons (Fsp3) is 0.615. The average Bonchev–Trinajstić information content (AvgIpc) is 3.19. The van der Waals surface area contributed by atoms with Gasteiger partial charge in [0, 0.05) is 19.1 Å². The zero-order chi connectivity index (χ0) is 13.1. The predicted molar refractivity (Wildman–Crippen MR) is 69.3 cm³/mol. The van der Waals surface area contributed by atoms with Crippen LogP contribution in [0.5, 0.6) is 0 Å². The monoisotopic (exact) mass is 248 g/mol. The lowest BCUT2D eigenvalue weighted by Gasteiger charge is -2.22. The van der Waals surface area contributed by atoms with Crippen LogP contribution in [0.3, 0.4) is 0 Å². The predicted octanol–water partition coefficient (Wildman–Crippen LogP) is 0.911. The lowest BCUT2D eigenvalue weighted by atomic mass is 10.1. The van der Waals surface area contributed by atoms with Crippen LogP contribution in [0.15, 0.2) is 6.07 Å². The van der Waals surface area contributed by atoms with Gasteiger partial charge >= 0.3 is 0 Å². The lowest BCUT2D eigenvalue weighted by Crippen LogP contribution is -2.37. The number of hydrogen-bond donors (Lipinski definition) is 1. The second-order valence-electron chi connectivity index (χ2n) is 4.72. The van der Waals surface area contributed by atoms with Crippen LogP contribution < -0.4 is 5.73 Å². The molecule has 0 unspecified atom stereocenters. The first-order valence-electron chi connectivity index (χ1n) is 6.51. The summed E-state index contributed by atoms with van der Waals surface area (Å²) in [7, 11) is 0. The van der Waals surface area contributed by atoms with Crippen molar-refractivity contribution in [2.75, 3.05) is 13.1 Å². The van der Waals surface area contributed by atoms with Gasteiger partial charge in [0.25, 0.3) is 5.91 Å². The average molecular weight is 248 g/mol. The normalized spacial score (nSPS) is 14.6. The second kappa shape index (κ2) is 5.44. The number of carbonyl (C=O) groups excluding carboxylic acids is 1. The summed E-state index contributed by atoms with van der Waals surface area (Å²) in [6.07, 6.45) is 2.89. The van der Waals surface area contributed by atoms with Crippen molar-refractivity contribution in [2.45, 2.75) is 39.2 Å². The fourth-order valence-electron chi connectivity index (χ4n) is 2.09. The van der Waals surface area contributed by atoms with Crippen LogP contribution in [0.1, 0.15) is 41.5 Å². The van der Waals surface area contributed by atoms with E-state index in [1.54, 1.807) is 0 Å².